The molecule has 1 heterocycles. The number of carbonyl (C=O) groups is 1. The van der Waals surface area contributed by atoms with Crippen molar-refractivity contribution >= 4 is 18.4 Å². The van der Waals surface area contributed by atoms with Crippen LogP contribution in [0.1, 0.15) is 24.9 Å². The lowest BCUT2D eigenvalue weighted by Gasteiger charge is -2.24. The highest BCUT2D eigenvalue weighted by Gasteiger charge is 2.31. The Bertz CT molecular complexity index is 470. The van der Waals surface area contributed by atoms with Crippen LogP contribution in [0.3, 0.4) is 0 Å². The van der Waals surface area contributed by atoms with Crippen molar-refractivity contribution < 1.29 is 18.7 Å². The number of likely N-dealkylation sites (tertiary alicyclic amines) is 1. The number of aliphatic carboxylic acids is 1. The number of carboxylic acid groups (broad SMARTS) is 1. The first kappa shape index (κ1) is 15.9. The Labute approximate surface area is 116 Å². The first-order valence-corrected chi connectivity index (χ1v) is 5.91. The van der Waals surface area contributed by atoms with Gasteiger partial charge in [-0.05, 0) is 38.1 Å². The lowest BCUT2D eigenvalue weighted by molar-refractivity contribution is -0.141. The SMILES string of the molecule is CC(c1cc(F)ccc1F)N1CCC(C(=O)O)C1.Cl. The highest BCUT2D eigenvalue weighted by molar-refractivity contribution is 5.85. The van der Waals surface area contributed by atoms with E-state index in [-0.39, 0.29) is 24.0 Å². The summed E-state index contributed by atoms with van der Waals surface area (Å²) in [4.78, 5) is 12.7. The van der Waals surface area contributed by atoms with Crippen molar-refractivity contribution in [3.05, 3.63) is 35.4 Å². The monoisotopic (exact) mass is 291 g/mol. The zero-order chi connectivity index (χ0) is 13.3. The summed E-state index contributed by atoms with van der Waals surface area (Å²) < 4.78 is 26.7. The number of rotatable bonds is 3. The quantitative estimate of drug-likeness (QED) is 0.931. The minimum Gasteiger partial charge on any atom is -0.481 e. The van der Waals surface area contributed by atoms with E-state index in [1.165, 1.54) is 6.07 Å². The van der Waals surface area contributed by atoms with E-state index in [0.29, 0.717) is 19.5 Å². The third kappa shape index (κ3) is 3.42. The minimum atomic E-state index is -0.829. The molecule has 1 aliphatic rings. The Hall–Kier alpha value is -1.20. The molecule has 6 heteroatoms. The van der Waals surface area contributed by atoms with Crippen LogP contribution in [-0.2, 0) is 4.79 Å². The zero-order valence-corrected chi connectivity index (χ0v) is 11.3. The number of benzene rings is 1. The molecule has 1 aliphatic heterocycles. The molecule has 1 aromatic rings. The number of hydrogen-bond donors (Lipinski definition) is 1. The van der Waals surface area contributed by atoms with Gasteiger partial charge in [0.05, 0.1) is 5.92 Å². The smallest absolute Gasteiger partial charge is 0.307 e. The first-order valence-electron chi connectivity index (χ1n) is 5.91. The normalized spacial score (nSPS) is 20.9. The molecule has 2 atom stereocenters. The predicted octanol–water partition coefficient (Wildman–Crippen LogP) is 2.85. The van der Waals surface area contributed by atoms with E-state index < -0.39 is 23.5 Å². The van der Waals surface area contributed by atoms with Crippen LogP contribution in [0.5, 0.6) is 0 Å². The molecule has 0 saturated carbocycles. The second-order valence-corrected chi connectivity index (χ2v) is 4.66. The van der Waals surface area contributed by atoms with E-state index in [1.807, 2.05) is 4.90 Å². The van der Waals surface area contributed by atoms with Gasteiger partial charge in [0.15, 0.2) is 0 Å². The van der Waals surface area contributed by atoms with Crippen LogP contribution in [0.2, 0.25) is 0 Å². The van der Waals surface area contributed by atoms with E-state index in [4.69, 9.17) is 5.11 Å². The van der Waals surface area contributed by atoms with Gasteiger partial charge in [-0.3, -0.25) is 9.69 Å². The summed E-state index contributed by atoms with van der Waals surface area (Å²) in [5, 5.41) is 8.92. The highest BCUT2D eigenvalue weighted by Crippen LogP contribution is 2.29. The predicted molar refractivity (Wildman–Crippen MR) is 69.3 cm³/mol. The third-order valence-corrected chi connectivity index (χ3v) is 3.52. The maximum absolute atomic E-state index is 13.6. The summed E-state index contributed by atoms with van der Waals surface area (Å²) in [5.41, 5.74) is 0.279. The van der Waals surface area contributed by atoms with Gasteiger partial charge in [0, 0.05) is 18.2 Å². The molecule has 0 amide bonds. The van der Waals surface area contributed by atoms with E-state index in [9.17, 15) is 13.6 Å². The molecule has 0 radical (unpaired) electrons. The molecule has 1 fully saturated rings. The molecule has 0 aliphatic carbocycles. The largest absolute Gasteiger partial charge is 0.481 e. The van der Waals surface area contributed by atoms with Crippen molar-refractivity contribution in [2.75, 3.05) is 13.1 Å². The van der Waals surface area contributed by atoms with Gasteiger partial charge in [0.25, 0.3) is 0 Å². The maximum Gasteiger partial charge on any atom is 0.307 e. The van der Waals surface area contributed by atoms with Crippen LogP contribution in [0, 0.1) is 17.6 Å². The second-order valence-electron chi connectivity index (χ2n) is 4.66. The molecule has 2 unspecified atom stereocenters. The Kier molecular flexibility index (Phi) is 5.26. The second kappa shape index (κ2) is 6.30. The van der Waals surface area contributed by atoms with Gasteiger partial charge < -0.3 is 5.11 Å². The summed E-state index contributed by atoms with van der Waals surface area (Å²) in [7, 11) is 0. The van der Waals surface area contributed by atoms with Gasteiger partial charge in [0.1, 0.15) is 11.6 Å². The topological polar surface area (TPSA) is 40.5 Å². The van der Waals surface area contributed by atoms with Gasteiger partial charge in [-0.2, -0.15) is 0 Å². The molecule has 106 valence electrons. The lowest BCUT2D eigenvalue weighted by Crippen LogP contribution is -2.27. The van der Waals surface area contributed by atoms with Crippen molar-refractivity contribution in [1.82, 2.24) is 4.90 Å². The molecule has 0 aromatic heterocycles. The van der Waals surface area contributed by atoms with Gasteiger partial charge in [0.2, 0.25) is 0 Å². The average Bonchev–Trinajstić information content (AvgIpc) is 2.81. The molecule has 3 nitrogen and oxygen atoms in total. The van der Waals surface area contributed by atoms with E-state index in [0.717, 1.165) is 12.1 Å². The Morgan fingerprint density at radius 1 is 1.47 bits per heavy atom. The summed E-state index contributed by atoms with van der Waals surface area (Å²) in [6.07, 6.45) is 0.552. The molecule has 1 aromatic carbocycles. The van der Waals surface area contributed by atoms with E-state index in [1.54, 1.807) is 6.92 Å². The average molecular weight is 292 g/mol. The number of halogens is 3. The molecule has 1 saturated heterocycles. The summed E-state index contributed by atoms with van der Waals surface area (Å²) in [5.74, 6) is -2.18. The molecular weight excluding hydrogens is 276 g/mol. The van der Waals surface area contributed by atoms with Gasteiger partial charge in [-0.25, -0.2) is 8.78 Å². The fraction of sp³-hybridized carbons (Fsp3) is 0.462. The lowest BCUT2D eigenvalue weighted by atomic mass is 10.1. The fourth-order valence-electron chi connectivity index (χ4n) is 2.37. The highest BCUT2D eigenvalue weighted by atomic mass is 35.5. The molecule has 0 bridgehead atoms. The Morgan fingerprint density at radius 3 is 2.74 bits per heavy atom. The standard InChI is InChI=1S/C13H15F2NO2.ClH/c1-8(11-6-10(14)2-3-12(11)15)16-5-4-9(7-16)13(17)18;/h2-3,6,8-9H,4-5,7H2,1H3,(H,17,18);1H. The van der Waals surface area contributed by atoms with E-state index in [2.05, 4.69) is 0 Å². The Balaban J connectivity index is 0.00000180. The van der Waals surface area contributed by atoms with Crippen molar-refractivity contribution in [2.45, 2.75) is 19.4 Å². The van der Waals surface area contributed by atoms with Gasteiger partial charge >= 0.3 is 5.97 Å². The van der Waals surface area contributed by atoms with Crippen LogP contribution >= 0.6 is 12.4 Å². The minimum absolute atomic E-state index is 0. The Morgan fingerprint density at radius 2 is 2.16 bits per heavy atom. The first-order chi connectivity index (χ1) is 8.49. The van der Waals surface area contributed by atoms with Crippen molar-refractivity contribution in [3.8, 4) is 0 Å². The van der Waals surface area contributed by atoms with E-state index >= 15 is 0 Å². The molecule has 1 N–H and O–H groups in total. The van der Waals surface area contributed by atoms with Crippen molar-refractivity contribution in [3.63, 3.8) is 0 Å². The maximum atomic E-state index is 13.6. The number of hydrogen-bond acceptors (Lipinski definition) is 2. The van der Waals surface area contributed by atoms with Crippen LogP contribution in [0.15, 0.2) is 18.2 Å². The number of nitrogens with zero attached hydrogens (tertiary/aromatic N) is 1. The fourth-order valence-corrected chi connectivity index (χ4v) is 2.37. The third-order valence-electron chi connectivity index (χ3n) is 3.52. The molecule has 2 rings (SSSR count). The zero-order valence-electron chi connectivity index (χ0n) is 10.5. The molecular formula is C13H16ClF2NO2. The summed E-state index contributed by atoms with van der Waals surface area (Å²) >= 11 is 0. The van der Waals surface area contributed by atoms with Crippen LogP contribution in [0.4, 0.5) is 8.78 Å². The van der Waals surface area contributed by atoms with Crippen molar-refractivity contribution in [1.29, 1.82) is 0 Å². The molecule has 0 spiro atoms. The summed E-state index contributed by atoms with van der Waals surface area (Å²) in [6.45, 7) is 2.74. The van der Waals surface area contributed by atoms with Crippen LogP contribution in [-0.4, -0.2) is 29.1 Å². The van der Waals surface area contributed by atoms with Crippen LogP contribution < -0.4 is 0 Å². The van der Waals surface area contributed by atoms with Gasteiger partial charge in [-0.1, -0.05) is 0 Å². The van der Waals surface area contributed by atoms with Crippen LogP contribution in [0.25, 0.3) is 0 Å². The number of carboxylic acids is 1. The van der Waals surface area contributed by atoms with Gasteiger partial charge in [-0.15, -0.1) is 12.4 Å². The molecule has 19 heavy (non-hydrogen) atoms. The van der Waals surface area contributed by atoms with Crippen molar-refractivity contribution in [2.24, 2.45) is 5.92 Å². The summed E-state index contributed by atoms with van der Waals surface area (Å²) in [6, 6.07) is 3.04.